The summed E-state index contributed by atoms with van der Waals surface area (Å²) in [6, 6.07) is 125. The zero-order valence-electron chi connectivity index (χ0n) is 55.0. The summed E-state index contributed by atoms with van der Waals surface area (Å²) in [6.45, 7) is 0. The van der Waals surface area contributed by atoms with Crippen LogP contribution in [-0.2, 0) is 0 Å². The zero-order chi connectivity index (χ0) is 66.9. The van der Waals surface area contributed by atoms with Gasteiger partial charge in [0.05, 0.1) is 33.4 Å². The van der Waals surface area contributed by atoms with Crippen LogP contribution in [0.3, 0.4) is 0 Å². The lowest BCUT2D eigenvalue weighted by Crippen LogP contribution is -1.94. The first kappa shape index (κ1) is 57.4. The van der Waals surface area contributed by atoms with E-state index in [4.69, 9.17) is 17.7 Å². The van der Waals surface area contributed by atoms with Crippen LogP contribution in [0, 0.1) is 0 Å². The first-order chi connectivity index (χ1) is 50.6. The Morgan fingerprint density at radius 2 is 0.471 bits per heavy atom. The van der Waals surface area contributed by atoms with Crippen molar-refractivity contribution in [1.29, 1.82) is 0 Å². The molecular formula is C96H58N2O4. The maximum absolute atomic E-state index is 6.89. The molecule has 0 radical (unpaired) electrons. The van der Waals surface area contributed by atoms with E-state index in [0.717, 1.165) is 143 Å². The Bertz CT molecular complexity index is 6910. The van der Waals surface area contributed by atoms with Crippen LogP contribution in [0.15, 0.2) is 370 Å². The third-order valence-electron chi connectivity index (χ3n) is 20.8. The molecule has 0 aliphatic rings. The molecule has 0 saturated carbocycles. The van der Waals surface area contributed by atoms with E-state index in [0.29, 0.717) is 0 Å². The molecule has 0 aliphatic carbocycles. The number of benzene rings is 16. The molecule has 22 aromatic rings. The molecule has 0 spiro atoms. The van der Waals surface area contributed by atoms with Crippen molar-refractivity contribution in [2.24, 2.45) is 0 Å². The van der Waals surface area contributed by atoms with Gasteiger partial charge in [-0.05, 0) is 170 Å². The summed E-state index contributed by atoms with van der Waals surface area (Å²) in [6.07, 6.45) is 0. The first-order valence-electron chi connectivity index (χ1n) is 34.7. The molecule has 0 N–H and O–H groups in total. The standard InChI is InChI=1S/2C48H29NO2/c1-3-12-30(13-4-1)32-24-26-40-38(28-32)39-29-33(31-14-5-2-6-15-31)25-27-41(39)49(40)42-20-9-19-37-47-35(18-11-23-45(47)51-48(37)42)34-17-10-22-44-46(34)36-16-7-8-21-43(36)50-44;1-3-11-30(12-4-1)32-21-24-41-38(27-32)39-28-33(31-13-5-2-6-14-31)22-25-42(39)49(41)43-18-9-17-37-47-35(16-10-20-46(47)51-48(37)43)34-23-26-45-40(29-34)36-15-7-8-19-44(36)50-45/h2*1-29H. The average molecular weight is 1300 g/mol. The summed E-state index contributed by atoms with van der Waals surface area (Å²) in [4.78, 5) is 0. The van der Waals surface area contributed by atoms with E-state index in [-0.39, 0.29) is 0 Å². The molecule has 0 atom stereocenters. The fraction of sp³-hybridized carbons (Fsp3) is 0. The number of nitrogens with zero attached hydrogens (tertiary/aromatic N) is 2. The predicted molar refractivity (Wildman–Crippen MR) is 423 cm³/mol. The molecule has 476 valence electrons. The molecule has 0 bridgehead atoms. The maximum atomic E-state index is 6.89. The molecule has 6 nitrogen and oxygen atoms in total. The molecule has 0 aliphatic heterocycles. The molecule has 102 heavy (non-hydrogen) atoms. The van der Waals surface area contributed by atoms with Gasteiger partial charge in [-0.25, -0.2) is 0 Å². The highest BCUT2D eigenvalue weighted by atomic mass is 16.3. The fourth-order valence-corrected chi connectivity index (χ4v) is 16.2. The minimum Gasteiger partial charge on any atom is -0.456 e. The van der Waals surface area contributed by atoms with Crippen molar-refractivity contribution in [2.75, 3.05) is 0 Å². The van der Waals surface area contributed by atoms with E-state index in [2.05, 4.69) is 337 Å². The normalized spacial score (nSPS) is 11.9. The average Bonchev–Trinajstić information content (AvgIpc) is 1.57. The van der Waals surface area contributed by atoms with E-state index in [1.807, 2.05) is 24.3 Å². The van der Waals surface area contributed by atoms with Crippen LogP contribution in [0.2, 0.25) is 0 Å². The lowest BCUT2D eigenvalue weighted by atomic mass is 9.95. The summed E-state index contributed by atoms with van der Waals surface area (Å²) < 4.78 is 31.0. The maximum Gasteiger partial charge on any atom is 0.159 e. The van der Waals surface area contributed by atoms with Crippen molar-refractivity contribution in [1.82, 2.24) is 9.13 Å². The topological polar surface area (TPSA) is 62.4 Å². The second-order valence-electron chi connectivity index (χ2n) is 26.5. The third-order valence-corrected chi connectivity index (χ3v) is 20.8. The van der Waals surface area contributed by atoms with Gasteiger partial charge in [0.1, 0.15) is 33.5 Å². The molecule has 6 aromatic heterocycles. The Balaban J connectivity index is 0.000000133. The van der Waals surface area contributed by atoms with Gasteiger partial charge >= 0.3 is 0 Å². The first-order valence-corrected chi connectivity index (χ1v) is 34.7. The number of fused-ring (bicyclic) bond motifs is 18. The number of rotatable bonds is 8. The largest absolute Gasteiger partial charge is 0.456 e. The molecule has 0 fully saturated rings. The highest BCUT2D eigenvalue weighted by Crippen LogP contribution is 2.48. The summed E-state index contributed by atoms with van der Waals surface area (Å²) in [7, 11) is 0. The van der Waals surface area contributed by atoms with Gasteiger partial charge in [0.2, 0.25) is 0 Å². The number of furan rings is 4. The molecule has 0 saturated heterocycles. The molecule has 22 rings (SSSR count). The van der Waals surface area contributed by atoms with Crippen molar-refractivity contribution in [3.8, 4) is 78.1 Å². The predicted octanol–water partition coefficient (Wildman–Crippen LogP) is 27.2. The van der Waals surface area contributed by atoms with Crippen LogP contribution in [0.5, 0.6) is 0 Å². The Labute approximate surface area is 584 Å². The van der Waals surface area contributed by atoms with Crippen LogP contribution in [-0.4, -0.2) is 9.13 Å². The number of aromatic nitrogens is 2. The van der Waals surface area contributed by atoms with Gasteiger partial charge < -0.3 is 26.8 Å². The van der Waals surface area contributed by atoms with Crippen LogP contribution in [0.25, 0.3) is 210 Å². The Morgan fingerprint density at radius 3 is 0.922 bits per heavy atom. The van der Waals surface area contributed by atoms with Gasteiger partial charge in [-0.15, -0.1) is 0 Å². The smallest absolute Gasteiger partial charge is 0.159 e. The summed E-state index contributed by atoms with van der Waals surface area (Å²) >= 11 is 0. The second-order valence-corrected chi connectivity index (χ2v) is 26.5. The van der Waals surface area contributed by atoms with Gasteiger partial charge in [-0.3, -0.25) is 0 Å². The van der Waals surface area contributed by atoms with E-state index >= 15 is 0 Å². The van der Waals surface area contributed by atoms with Crippen molar-refractivity contribution in [2.45, 2.75) is 0 Å². The number of para-hydroxylation sites is 4. The molecule has 16 aromatic carbocycles. The third kappa shape index (κ3) is 9.06. The quantitative estimate of drug-likeness (QED) is 0.152. The van der Waals surface area contributed by atoms with Gasteiger partial charge in [0.15, 0.2) is 11.2 Å². The number of hydrogen-bond donors (Lipinski definition) is 0. The van der Waals surface area contributed by atoms with E-state index < -0.39 is 0 Å². The molecular weight excluding hydrogens is 1250 g/mol. The molecule has 6 heteroatoms. The minimum atomic E-state index is 0.859. The molecule has 0 amide bonds. The Morgan fingerprint density at radius 1 is 0.167 bits per heavy atom. The van der Waals surface area contributed by atoms with Crippen molar-refractivity contribution in [3.63, 3.8) is 0 Å². The van der Waals surface area contributed by atoms with Crippen molar-refractivity contribution >= 4 is 131 Å². The summed E-state index contributed by atoms with van der Waals surface area (Å²) in [5.74, 6) is 0. The van der Waals surface area contributed by atoms with Gasteiger partial charge in [0.25, 0.3) is 0 Å². The van der Waals surface area contributed by atoms with Crippen molar-refractivity contribution in [3.05, 3.63) is 352 Å². The summed E-state index contributed by atoms with van der Waals surface area (Å²) in [5, 5.41) is 13.7. The zero-order valence-corrected chi connectivity index (χ0v) is 55.0. The van der Waals surface area contributed by atoms with Crippen LogP contribution in [0.4, 0.5) is 0 Å². The van der Waals surface area contributed by atoms with E-state index in [9.17, 15) is 0 Å². The Hall–Kier alpha value is -13.7. The number of hydrogen-bond acceptors (Lipinski definition) is 4. The molecule has 6 heterocycles. The van der Waals surface area contributed by atoms with Crippen LogP contribution in [0.1, 0.15) is 0 Å². The molecule has 0 unspecified atom stereocenters. The summed E-state index contributed by atoms with van der Waals surface area (Å²) in [5.41, 5.74) is 27.7. The monoisotopic (exact) mass is 1300 g/mol. The highest BCUT2D eigenvalue weighted by Gasteiger charge is 2.25. The van der Waals surface area contributed by atoms with Gasteiger partial charge in [0, 0.05) is 64.6 Å². The van der Waals surface area contributed by atoms with Crippen LogP contribution >= 0.6 is 0 Å². The van der Waals surface area contributed by atoms with E-state index in [1.165, 1.54) is 66.1 Å². The fourth-order valence-electron chi connectivity index (χ4n) is 16.2. The lowest BCUT2D eigenvalue weighted by Gasteiger charge is -2.10. The van der Waals surface area contributed by atoms with Gasteiger partial charge in [-0.2, -0.15) is 0 Å². The lowest BCUT2D eigenvalue weighted by molar-refractivity contribution is 0.666. The van der Waals surface area contributed by atoms with E-state index in [1.54, 1.807) is 0 Å². The SMILES string of the molecule is c1ccc(-c2ccc3c(c2)c2cc(-c4ccccc4)ccc2n3-c2cccc3c2oc2cccc(-c4ccc5oc6ccccc6c5c4)c23)cc1.c1ccc(-c2ccc3c(c2)c2cc(-c4ccccc4)ccc2n3-c2cccc3c2oc2cccc(-c4cccc5oc6ccccc6c45)c23)cc1. The van der Waals surface area contributed by atoms with Gasteiger partial charge in [-0.1, -0.05) is 249 Å². The Kier molecular flexibility index (Phi) is 12.9. The second kappa shape index (κ2) is 23.0. The van der Waals surface area contributed by atoms with Crippen molar-refractivity contribution < 1.29 is 17.7 Å². The highest BCUT2D eigenvalue weighted by molar-refractivity contribution is 6.22. The minimum absolute atomic E-state index is 0.859. The van der Waals surface area contributed by atoms with Crippen LogP contribution < -0.4 is 0 Å².